The minimum atomic E-state index is -0.230. The quantitative estimate of drug-likeness (QED) is 0.341. The van der Waals surface area contributed by atoms with Crippen molar-refractivity contribution in [3.8, 4) is 10.6 Å². The minimum absolute atomic E-state index is 0. The van der Waals surface area contributed by atoms with Gasteiger partial charge in [0.2, 0.25) is 0 Å². The van der Waals surface area contributed by atoms with E-state index in [1.54, 1.807) is 11.3 Å². The fraction of sp³-hybridized carbons (Fsp3) is 0.522. The second-order valence-corrected chi connectivity index (χ2v) is 8.91. The number of aliphatic imine (C=N–C) groups is 1. The van der Waals surface area contributed by atoms with E-state index in [0.717, 1.165) is 55.6 Å². The molecule has 1 N–H and O–H groups in total. The molecule has 9 heteroatoms. The summed E-state index contributed by atoms with van der Waals surface area (Å²) < 4.78 is 5.55. The van der Waals surface area contributed by atoms with E-state index in [-0.39, 0.29) is 36.0 Å². The lowest BCUT2D eigenvalue weighted by Crippen LogP contribution is -2.55. The zero-order chi connectivity index (χ0) is 21.6. The summed E-state index contributed by atoms with van der Waals surface area (Å²) in [4.78, 5) is 25.9. The Morgan fingerprint density at radius 1 is 1.22 bits per heavy atom. The van der Waals surface area contributed by atoms with Gasteiger partial charge in [-0.1, -0.05) is 29.8 Å². The summed E-state index contributed by atoms with van der Waals surface area (Å²) >= 11 is 1.69. The maximum Gasteiger partial charge on any atom is 0.251 e. The average Bonchev–Trinajstić information content (AvgIpc) is 3.50. The van der Waals surface area contributed by atoms with E-state index in [9.17, 15) is 4.79 Å². The maximum absolute atomic E-state index is 12.5. The lowest BCUT2D eigenvalue weighted by molar-refractivity contribution is -0.142. The highest BCUT2D eigenvalue weighted by Crippen LogP contribution is 2.24. The number of ether oxygens (including phenoxy) is 1. The molecule has 7 nitrogen and oxygen atoms in total. The molecule has 2 aromatic rings. The SMILES string of the molecule is CN=C(NCCc1csc(-c2ccc(C)cc2)n1)N1CCN(C(=O)C2CCCO2)CC1.I. The van der Waals surface area contributed by atoms with Gasteiger partial charge >= 0.3 is 0 Å². The summed E-state index contributed by atoms with van der Waals surface area (Å²) in [6, 6.07) is 8.49. The molecule has 2 fully saturated rings. The van der Waals surface area contributed by atoms with Gasteiger partial charge < -0.3 is 19.9 Å². The lowest BCUT2D eigenvalue weighted by atomic mass is 10.2. The molecule has 0 spiro atoms. The number of amides is 1. The number of aromatic nitrogens is 1. The summed E-state index contributed by atoms with van der Waals surface area (Å²) in [7, 11) is 1.81. The molecule has 2 saturated heterocycles. The van der Waals surface area contributed by atoms with Crippen LogP contribution in [-0.4, -0.2) is 79.1 Å². The van der Waals surface area contributed by atoms with Gasteiger partial charge in [0.05, 0.1) is 5.69 Å². The molecule has 0 radical (unpaired) electrons. The Morgan fingerprint density at radius 2 is 1.94 bits per heavy atom. The molecule has 2 aliphatic rings. The number of nitrogens with zero attached hydrogens (tertiary/aromatic N) is 4. The van der Waals surface area contributed by atoms with Crippen molar-refractivity contribution in [1.29, 1.82) is 0 Å². The lowest BCUT2D eigenvalue weighted by Gasteiger charge is -2.37. The first-order valence-corrected chi connectivity index (χ1v) is 11.9. The second-order valence-electron chi connectivity index (χ2n) is 8.05. The van der Waals surface area contributed by atoms with Gasteiger partial charge in [0, 0.05) is 63.7 Å². The molecule has 1 atom stereocenters. The number of piperazine rings is 1. The molecule has 32 heavy (non-hydrogen) atoms. The Bertz CT molecular complexity index is 903. The summed E-state index contributed by atoms with van der Waals surface area (Å²) in [6.45, 7) is 6.57. The van der Waals surface area contributed by atoms with Crippen molar-refractivity contribution >= 4 is 47.2 Å². The van der Waals surface area contributed by atoms with Crippen molar-refractivity contribution in [2.45, 2.75) is 32.3 Å². The first-order valence-electron chi connectivity index (χ1n) is 11.0. The van der Waals surface area contributed by atoms with Gasteiger partial charge in [-0.25, -0.2) is 4.98 Å². The number of thiazole rings is 1. The fourth-order valence-corrected chi connectivity index (χ4v) is 4.86. The zero-order valence-corrected chi connectivity index (χ0v) is 21.9. The molecule has 4 rings (SSSR count). The molecule has 1 unspecified atom stereocenters. The van der Waals surface area contributed by atoms with Crippen molar-refractivity contribution in [3.63, 3.8) is 0 Å². The van der Waals surface area contributed by atoms with Crippen LogP contribution in [-0.2, 0) is 16.0 Å². The number of nitrogens with one attached hydrogen (secondary N) is 1. The minimum Gasteiger partial charge on any atom is -0.368 e. The van der Waals surface area contributed by atoms with Crippen LogP contribution in [0, 0.1) is 6.92 Å². The largest absolute Gasteiger partial charge is 0.368 e. The van der Waals surface area contributed by atoms with Crippen molar-refractivity contribution in [1.82, 2.24) is 20.1 Å². The molecule has 174 valence electrons. The average molecular weight is 570 g/mol. The molecule has 3 heterocycles. The van der Waals surface area contributed by atoms with Crippen LogP contribution in [0.3, 0.4) is 0 Å². The van der Waals surface area contributed by atoms with Crippen LogP contribution in [0.5, 0.6) is 0 Å². The molecular weight excluding hydrogens is 537 g/mol. The third kappa shape index (κ3) is 6.20. The van der Waals surface area contributed by atoms with Gasteiger partial charge in [0.15, 0.2) is 5.96 Å². The van der Waals surface area contributed by atoms with E-state index in [4.69, 9.17) is 9.72 Å². The van der Waals surface area contributed by atoms with Crippen LogP contribution in [0.1, 0.15) is 24.1 Å². The Kier molecular flexibility index (Phi) is 9.30. The van der Waals surface area contributed by atoms with Crippen molar-refractivity contribution in [2.75, 3.05) is 46.4 Å². The topological polar surface area (TPSA) is 70.1 Å². The van der Waals surface area contributed by atoms with Crippen LogP contribution in [0.4, 0.5) is 0 Å². The van der Waals surface area contributed by atoms with Gasteiger partial charge in [-0.05, 0) is 19.8 Å². The number of carbonyl (C=O) groups is 1. The number of halogens is 1. The fourth-order valence-electron chi connectivity index (χ4n) is 4.00. The van der Waals surface area contributed by atoms with Gasteiger partial charge in [-0.2, -0.15) is 0 Å². The number of carbonyl (C=O) groups excluding carboxylic acids is 1. The molecule has 1 aromatic carbocycles. The van der Waals surface area contributed by atoms with E-state index >= 15 is 0 Å². The number of aryl methyl sites for hydroxylation is 1. The van der Waals surface area contributed by atoms with Crippen LogP contribution < -0.4 is 5.32 Å². The molecule has 1 aromatic heterocycles. The predicted octanol–water partition coefficient (Wildman–Crippen LogP) is 3.18. The summed E-state index contributed by atoms with van der Waals surface area (Å²) in [5.41, 5.74) is 3.52. The maximum atomic E-state index is 12.5. The Hall–Kier alpha value is -1.72. The summed E-state index contributed by atoms with van der Waals surface area (Å²) in [6.07, 6.45) is 2.45. The first-order chi connectivity index (χ1) is 15.1. The molecular formula is C23H32IN5O2S. The number of hydrogen-bond donors (Lipinski definition) is 1. The van der Waals surface area contributed by atoms with Crippen LogP contribution in [0.25, 0.3) is 10.6 Å². The molecule has 1 amide bonds. The normalized spacial score (nSPS) is 19.1. The smallest absolute Gasteiger partial charge is 0.251 e. The van der Waals surface area contributed by atoms with E-state index < -0.39 is 0 Å². The summed E-state index contributed by atoms with van der Waals surface area (Å²) in [5, 5.41) is 6.65. The van der Waals surface area contributed by atoms with Crippen LogP contribution >= 0.6 is 35.3 Å². The highest BCUT2D eigenvalue weighted by molar-refractivity contribution is 14.0. The predicted molar refractivity (Wildman–Crippen MR) is 140 cm³/mol. The third-order valence-electron chi connectivity index (χ3n) is 5.82. The van der Waals surface area contributed by atoms with E-state index in [1.165, 1.54) is 11.1 Å². The molecule has 0 saturated carbocycles. The standard InChI is InChI=1S/C23H31N5O2S.HI/c1-17-5-7-18(8-6-17)21-26-19(16-31-21)9-10-25-23(24-2)28-13-11-27(12-14-28)22(29)20-4-3-15-30-20;/h5-8,16,20H,3-4,9-15H2,1-2H3,(H,24,25);1H. The van der Waals surface area contributed by atoms with Crippen molar-refractivity contribution < 1.29 is 9.53 Å². The van der Waals surface area contributed by atoms with Gasteiger partial charge in [0.25, 0.3) is 5.91 Å². The van der Waals surface area contributed by atoms with Gasteiger partial charge in [-0.15, -0.1) is 35.3 Å². The van der Waals surface area contributed by atoms with Gasteiger partial charge in [-0.3, -0.25) is 9.79 Å². The first kappa shape index (κ1) is 24.9. The van der Waals surface area contributed by atoms with Crippen LogP contribution in [0.15, 0.2) is 34.6 Å². The number of rotatable bonds is 5. The molecule has 0 bridgehead atoms. The second kappa shape index (κ2) is 11.9. The highest BCUT2D eigenvalue weighted by atomic mass is 127. The Morgan fingerprint density at radius 3 is 2.59 bits per heavy atom. The van der Waals surface area contributed by atoms with Crippen LogP contribution in [0.2, 0.25) is 0 Å². The Labute approximate surface area is 211 Å². The monoisotopic (exact) mass is 569 g/mol. The van der Waals surface area contributed by atoms with Gasteiger partial charge in [0.1, 0.15) is 11.1 Å². The number of hydrogen-bond acceptors (Lipinski definition) is 5. The van der Waals surface area contributed by atoms with E-state index in [1.807, 2.05) is 11.9 Å². The molecule has 2 aliphatic heterocycles. The van der Waals surface area contributed by atoms with E-state index in [0.29, 0.717) is 19.7 Å². The Balaban J connectivity index is 0.00000289. The van der Waals surface area contributed by atoms with Crippen molar-refractivity contribution in [2.24, 2.45) is 4.99 Å². The van der Waals surface area contributed by atoms with E-state index in [2.05, 4.69) is 51.8 Å². The van der Waals surface area contributed by atoms with Crippen molar-refractivity contribution in [3.05, 3.63) is 40.9 Å². The summed E-state index contributed by atoms with van der Waals surface area (Å²) in [5.74, 6) is 1.03. The zero-order valence-electron chi connectivity index (χ0n) is 18.7. The number of benzene rings is 1. The highest BCUT2D eigenvalue weighted by Gasteiger charge is 2.30. The molecule has 0 aliphatic carbocycles. The number of guanidine groups is 1. The third-order valence-corrected chi connectivity index (χ3v) is 6.76.